The molecule has 0 bridgehead atoms. The molecule has 0 fully saturated rings. The summed E-state index contributed by atoms with van der Waals surface area (Å²) in [6.45, 7) is -2.80. The maximum Gasteiger partial charge on any atom is 0.404 e. The van der Waals surface area contributed by atoms with Gasteiger partial charge in [-0.2, -0.15) is 35.1 Å². The molecule has 2 N–H and O–H groups in total. The van der Waals surface area contributed by atoms with Gasteiger partial charge in [-0.15, -0.1) is 0 Å². The Kier molecular flexibility index (Phi) is 4.79. The quantitative estimate of drug-likeness (QED) is 0.764. The number of alkyl halides is 10. The lowest BCUT2D eigenvalue weighted by atomic mass is 9.99. The predicted molar refractivity (Wildman–Crippen MR) is 41.3 cm³/mol. The SMILES string of the molecule is NC(=O)OCC(F)(F)C(F)(F)C(F)(F)C(F)(F)C(F)F. The third-order valence-corrected chi connectivity index (χ3v) is 1.94. The Morgan fingerprint density at radius 1 is 0.950 bits per heavy atom. The summed E-state index contributed by atoms with van der Waals surface area (Å²) in [7, 11) is 0. The molecular weight excluding hydrogens is 320 g/mol. The molecule has 0 aromatic rings. The molecule has 0 aromatic carbocycles. The number of ether oxygens (including phenoxy) is 1. The standard InChI is InChI=1S/C7H5F10NO2/c8-2(9)5(12,13)7(16,17)6(14,15)4(10,11)1-20-3(18)19/h2H,1H2,(H2,18,19). The average Bonchev–Trinajstić information content (AvgIpc) is 2.25. The van der Waals surface area contributed by atoms with Crippen molar-refractivity contribution < 1.29 is 53.4 Å². The third-order valence-electron chi connectivity index (χ3n) is 1.94. The molecule has 0 heterocycles. The zero-order valence-electron chi connectivity index (χ0n) is 8.96. The molecule has 1 amide bonds. The molecule has 0 saturated heterocycles. The van der Waals surface area contributed by atoms with E-state index < -0.39 is 42.8 Å². The van der Waals surface area contributed by atoms with Crippen LogP contribution < -0.4 is 5.73 Å². The van der Waals surface area contributed by atoms with E-state index >= 15 is 0 Å². The van der Waals surface area contributed by atoms with E-state index in [0.717, 1.165) is 0 Å². The summed E-state index contributed by atoms with van der Waals surface area (Å²) < 4.78 is 127. The zero-order valence-corrected chi connectivity index (χ0v) is 8.96. The Labute approximate surface area is 103 Å². The second-order valence-electron chi connectivity index (χ2n) is 3.38. The summed E-state index contributed by atoms with van der Waals surface area (Å²) in [5.74, 6) is -26.9. The fourth-order valence-corrected chi connectivity index (χ4v) is 0.828. The summed E-state index contributed by atoms with van der Waals surface area (Å²) in [6.07, 6.45) is -7.43. The van der Waals surface area contributed by atoms with Crippen LogP contribution in [0.25, 0.3) is 0 Å². The highest BCUT2D eigenvalue weighted by atomic mass is 19.4. The van der Waals surface area contributed by atoms with Crippen molar-refractivity contribution in [2.75, 3.05) is 6.61 Å². The lowest BCUT2D eigenvalue weighted by Gasteiger charge is -2.35. The fourth-order valence-electron chi connectivity index (χ4n) is 0.828. The monoisotopic (exact) mass is 325 g/mol. The van der Waals surface area contributed by atoms with Gasteiger partial charge in [-0.1, -0.05) is 0 Å². The van der Waals surface area contributed by atoms with Crippen molar-refractivity contribution in [3.05, 3.63) is 0 Å². The third kappa shape index (κ3) is 2.85. The van der Waals surface area contributed by atoms with Gasteiger partial charge in [0.05, 0.1) is 0 Å². The van der Waals surface area contributed by atoms with Crippen LogP contribution in [-0.4, -0.2) is 42.8 Å². The van der Waals surface area contributed by atoms with Crippen molar-refractivity contribution in [2.45, 2.75) is 30.1 Å². The van der Waals surface area contributed by atoms with Crippen LogP contribution in [0, 0.1) is 0 Å². The van der Waals surface area contributed by atoms with Crippen LogP contribution in [0.3, 0.4) is 0 Å². The van der Waals surface area contributed by atoms with E-state index in [-0.39, 0.29) is 0 Å². The Balaban J connectivity index is 5.53. The molecule has 0 aliphatic rings. The molecule has 120 valence electrons. The molecule has 0 saturated carbocycles. The smallest absolute Gasteiger partial charge is 0.404 e. The molecule has 0 aliphatic carbocycles. The molecule has 0 rings (SSSR count). The lowest BCUT2D eigenvalue weighted by molar-refractivity contribution is -0.386. The van der Waals surface area contributed by atoms with Crippen LogP contribution in [-0.2, 0) is 4.74 Å². The van der Waals surface area contributed by atoms with Gasteiger partial charge in [0.1, 0.15) is 0 Å². The summed E-state index contributed by atoms with van der Waals surface area (Å²) in [5, 5.41) is 0. The van der Waals surface area contributed by atoms with Crippen LogP contribution in [0.1, 0.15) is 0 Å². The lowest BCUT2D eigenvalue weighted by Crippen LogP contribution is -2.65. The number of carbonyl (C=O) groups is 1. The highest BCUT2D eigenvalue weighted by molar-refractivity contribution is 5.64. The Bertz CT molecular complexity index is 369. The number of halogens is 10. The van der Waals surface area contributed by atoms with Gasteiger partial charge in [-0.05, 0) is 0 Å². The first-order valence-electron chi connectivity index (χ1n) is 4.33. The van der Waals surface area contributed by atoms with E-state index in [1.807, 2.05) is 0 Å². The van der Waals surface area contributed by atoms with Gasteiger partial charge in [-0.25, -0.2) is 13.6 Å². The predicted octanol–water partition coefficient (Wildman–Crippen LogP) is 2.89. The number of rotatable bonds is 6. The maximum absolute atomic E-state index is 12.7. The van der Waals surface area contributed by atoms with Crippen LogP contribution >= 0.6 is 0 Å². The minimum Gasteiger partial charge on any atom is -0.443 e. The summed E-state index contributed by atoms with van der Waals surface area (Å²) >= 11 is 0. The Morgan fingerprint density at radius 3 is 1.65 bits per heavy atom. The molecule has 13 heteroatoms. The van der Waals surface area contributed by atoms with E-state index in [9.17, 15) is 48.7 Å². The number of carbonyl (C=O) groups excluding carboxylic acids is 1. The first-order chi connectivity index (χ1) is 8.61. The van der Waals surface area contributed by atoms with Crippen LogP contribution in [0.5, 0.6) is 0 Å². The van der Waals surface area contributed by atoms with Crippen molar-refractivity contribution in [1.82, 2.24) is 0 Å². The van der Waals surface area contributed by atoms with Gasteiger partial charge in [0.15, 0.2) is 6.61 Å². The van der Waals surface area contributed by atoms with Gasteiger partial charge in [0, 0.05) is 0 Å². The molecule has 0 spiro atoms. The van der Waals surface area contributed by atoms with Crippen LogP contribution in [0.2, 0.25) is 0 Å². The first kappa shape index (κ1) is 18.6. The van der Waals surface area contributed by atoms with E-state index in [4.69, 9.17) is 0 Å². The first-order valence-corrected chi connectivity index (χ1v) is 4.33. The van der Waals surface area contributed by atoms with Gasteiger partial charge in [0.2, 0.25) is 0 Å². The molecule has 0 aliphatic heterocycles. The number of hydrogen-bond acceptors (Lipinski definition) is 2. The molecule has 0 atom stereocenters. The number of amides is 1. The van der Waals surface area contributed by atoms with E-state index in [2.05, 4.69) is 10.5 Å². The summed E-state index contributed by atoms with van der Waals surface area (Å²) in [6, 6.07) is 0. The summed E-state index contributed by atoms with van der Waals surface area (Å²) in [4.78, 5) is 9.89. The zero-order chi connectivity index (χ0) is 16.6. The normalized spacial score (nSPS) is 14.6. The van der Waals surface area contributed by atoms with Crippen molar-refractivity contribution in [3.63, 3.8) is 0 Å². The molecule has 0 radical (unpaired) electrons. The minimum absolute atomic E-state index is 2.09. The average molecular weight is 325 g/mol. The van der Waals surface area contributed by atoms with Crippen LogP contribution in [0.15, 0.2) is 0 Å². The maximum atomic E-state index is 12.7. The largest absolute Gasteiger partial charge is 0.443 e. The molecule has 0 unspecified atom stereocenters. The molecule has 3 nitrogen and oxygen atoms in total. The van der Waals surface area contributed by atoms with Gasteiger partial charge >= 0.3 is 36.2 Å². The van der Waals surface area contributed by atoms with Gasteiger partial charge in [0.25, 0.3) is 0 Å². The van der Waals surface area contributed by atoms with Crippen molar-refractivity contribution in [1.29, 1.82) is 0 Å². The second-order valence-corrected chi connectivity index (χ2v) is 3.38. The summed E-state index contributed by atoms with van der Waals surface area (Å²) in [5.41, 5.74) is 4.09. The Hall–Kier alpha value is -1.43. The van der Waals surface area contributed by atoms with Gasteiger partial charge in [-0.3, -0.25) is 0 Å². The molecule has 20 heavy (non-hydrogen) atoms. The van der Waals surface area contributed by atoms with Crippen molar-refractivity contribution >= 4 is 6.09 Å². The van der Waals surface area contributed by atoms with Crippen molar-refractivity contribution in [3.8, 4) is 0 Å². The number of nitrogens with two attached hydrogens (primary N) is 1. The van der Waals surface area contributed by atoms with Crippen molar-refractivity contribution in [2.24, 2.45) is 5.73 Å². The van der Waals surface area contributed by atoms with E-state index in [1.54, 1.807) is 0 Å². The molecule has 0 aromatic heterocycles. The molecular formula is C7H5F10NO2. The fraction of sp³-hybridized carbons (Fsp3) is 0.857. The highest BCUT2D eigenvalue weighted by Gasteiger charge is 2.83. The topological polar surface area (TPSA) is 52.3 Å². The van der Waals surface area contributed by atoms with E-state index in [0.29, 0.717) is 0 Å². The van der Waals surface area contributed by atoms with Crippen LogP contribution in [0.4, 0.5) is 48.7 Å². The second kappa shape index (κ2) is 5.16. The van der Waals surface area contributed by atoms with E-state index in [1.165, 1.54) is 0 Å². The Morgan fingerprint density at radius 2 is 1.35 bits per heavy atom. The number of hydrogen-bond donors (Lipinski definition) is 1. The highest BCUT2D eigenvalue weighted by Crippen LogP contribution is 2.54. The minimum atomic E-state index is -7.11. The van der Waals surface area contributed by atoms with Gasteiger partial charge < -0.3 is 10.5 Å². The number of primary amides is 1.